The number of hydrogen-bond donors (Lipinski definition) is 1. The Balaban J connectivity index is 2.98. The average Bonchev–Trinajstić information content (AvgIpc) is 2.47. The van der Waals surface area contributed by atoms with Crippen LogP contribution in [0.5, 0.6) is 0 Å². The monoisotopic (exact) mass is 283 g/mol. The molecule has 0 bridgehead atoms. The summed E-state index contributed by atoms with van der Waals surface area (Å²) in [6.45, 7) is 6.57. The summed E-state index contributed by atoms with van der Waals surface area (Å²) in [5.41, 5.74) is 1.49. The molecule has 0 saturated heterocycles. The molecule has 1 rings (SSSR count). The number of aliphatic hydroxyl groups is 1. The molecule has 0 saturated carbocycles. The van der Waals surface area contributed by atoms with Crippen molar-refractivity contribution in [3.63, 3.8) is 0 Å². The van der Waals surface area contributed by atoms with E-state index in [1.165, 1.54) is 0 Å². The Morgan fingerprint density at radius 1 is 1.20 bits per heavy atom. The summed E-state index contributed by atoms with van der Waals surface area (Å²) in [6.07, 6.45) is 1.78. The standard InChI is InChI=1S/C14H25N3O3/c1-11(2)14-15-9-13(12(10-18)16-14)17(5-7-19-3)6-8-20-4/h9,11,18H,5-8,10H2,1-4H3. The fraction of sp³-hybridized carbons (Fsp3) is 0.714. The summed E-state index contributed by atoms with van der Waals surface area (Å²) < 4.78 is 10.2. The van der Waals surface area contributed by atoms with Crippen molar-refractivity contribution >= 4 is 5.69 Å². The maximum Gasteiger partial charge on any atom is 0.131 e. The van der Waals surface area contributed by atoms with E-state index in [0.29, 0.717) is 32.0 Å². The highest BCUT2D eigenvalue weighted by Gasteiger charge is 2.15. The van der Waals surface area contributed by atoms with Crippen LogP contribution in [0, 0.1) is 0 Å². The van der Waals surface area contributed by atoms with Gasteiger partial charge in [-0.3, -0.25) is 0 Å². The van der Waals surface area contributed by atoms with Crippen LogP contribution in [0.1, 0.15) is 31.3 Å². The van der Waals surface area contributed by atoms with E-state index in [1.54, 1.807) is 20.4 Å². The number of nitrogens with zero attached hydrogens (tertiary/aromatic N) is 3. The van der Waals surface area contributed by atoms with Crippen molar-refractivity contribution in [2.24, 2.45) is 0 Å². The predicted molar refractivity (Wildman–Crippen MR) is 78.0 cm³/mol. The largest absolute Gasteiger partial charge is 0.390 e. The molecule has 0 aliphatic carbocycles. The van der Waals surface area contributed by atoms with Crippen LogP contribution < -0.4 is 4.90 Å². The molecule has 0 aromatic carbocycles. The first-order valence-electron chi connectivity index (χ1n) is 6.83. The van der Waals surface area contributed by atoms with Gasteiger partial charge in [0.05, 0.1) is 37.4 Å². The second-order valence-corrected chi connectivity index (χ2v) is 4.85. The smallest absolute Gasteiger partial charge is 0.131 e. The summed E-state index contributed by atoms with van der Waals surface area (Å²) in [4.78, 5) is 10.9. The maximum absolute atomic E-state index is 9.54. The molecule has 1 N–H and O–H groups in total. The Bertz CT molecular complexity index is 391. The number of aliphatic hydroxyl groups excluding tert-OH is 1. The number of anilines is 1. The average molecular weight is 283 g/mol. The molecule has 1 aromatic rings. The zero-order chi connectivity index (χ0) is 15.0. The Morgan fingerprint density at radius 3 is 2.25 bits per heavy atom. The molecule has 0 radical (unpaired) electrons. The lowest BCUT2D eigenvalue weighted by molar-refractivity contribution is 0.190. The molecule has 1 aromatic heterocycles. The van der Waals surface area contributed by atoms with Gasteiger partial charge in [0.2, 0.25) is 0 Å². The summed E-state index contributed by atoms with van der Waals surface area (Å²) in [6, 6.07) is 0. The van der Waals surface area contributed by atoms with Crippen LogP contribution >= 0.6 is 0 Å². The number of rotatable bonds is 9. The fourth-order valence-electron chi connectivity index (χ4n) is 1.84. The van der Waals surface area contributed by atoms with E-state index >= 15 is 0 Å². The second kappa shape index (κ2) is 8.84. The topological polar surface area (TPSA) is 67.7 Å². The summed E-state index contributed by atoms with van der Waals surface area (Å²) >= 11 is 0. The van der Waals surface area contributed by atoms with Crippen LogP contribution in [-0.4, -0.2) is 55.6 Å². The SMILES string of the molecule is COCCN(CCOC)c1cnc(C(C)C)nc1CO. The Kier molecular flexibility index (Phi) is 7.43. The molecule has 0 unspecified atom stereocenters. The van der Waals surface area contributed by atoms with Gasteiger partial charge in [-0.15, -0.1) is 0 Å². The maximum atomic E-state index is 9.54. The number of methoxy groups -OCH3 is 2. The molecule has 6 nitrogen and oxygen atoms in total. The van der Waals surface area contributed by atoms with E-state index in [4.69, 9.17) is 9.47 Å². The first-order valence-corrected chi connectivity index (χ1v) is 6.83. The second-order valence-electron chi connectivity index (χ2n) is 4.85. The van der Waals surface area contributed by atoms with Crippen molar-refractivity contribution in [2.75, 3.05) is 45.4 Å². The Labute approximate surface area is 120 Å². The van der Waals surface area contributed by atoms with Crippen molar-refractivity contribution < 1.29 is 14.6 Å². The van der Waals surface area contributed by atoms with Crippen LogP contribution in [0.15, 0.2) is 6.20 Å². The van der Waals surface area contributed by atoms with Crippen LogP contribution in [0.4, 0.5) is 5.69 Å². The quantitative estimate of drug-likeness (QED) is 0.734. The van der Waals surface area contributed by atoms with Gasteiger partial charge in [0.25, 0.3) is 0 Å². The van der Waals surface area contributed by atoms with Gasteiger partial charge in [0.15, 0.2) is 0 Å². The van der Waals surface area contributed by atoms with Gasteiger partial charge in [0, 0.05) is 33.2 Å². The molecular formula is C14H25N3O3. The lowest BCUT2D eigenvalue weighted by Gasteiger charge is -2.25. The van der Waals surface area contributed by atoms with Gasteiger partial charge < -0.3 is 19.5 Å². The van der Waals surface area contributed by atoms with Crippen molar-refractivity contribution in [2.45, 2.75) is 26.4 Å². The highest BCUT2D eigenvalue weighted by molar-refractivity contribution is 5.49. The molecule has 0 spiro atoms. The van der Waals surface area contributed by atoms with E-state index in [9.17, 15) is 5.11 Å². The molecule has 0 amide bonds. The third-order valence-electron chi connectivity index (χ3n) is 3.00. The van der Waals surface area contributed by atoms with E-state index in [0.717, 1.165) is 11.5 Å². The van der Waals surface area contributed by atoms with Crippen LogP contribution in [0.2, 0.25) is 0 Å². The van der Waals surface area contributed by atoms with Gasteiger partial charge >= 0.3 is 0 Å². The summed E-state index contributed by atoms with van der Waals surface area (Å²) in [7, 11) is 3.33. The van der Waals surface area contributed by atoms with E-state index in [-0.39, 0.29) is 12.5 Å². The van der Waals surface area contributed by atoms with Crippen LogP contribution in [0.3, 0.4) is 0 Å². The Morgan fingerprint density at radius 2 is 1.80 bits per heavy atom. The minimum Gasteiger partial charge on any atom is -0.390 e. The van der Waals surface area contributed by atoms with E-state index in [1.807, 2.05) is 13.8 Å². The first kappa shape index (κ1) is 16.8. The van der Waals surface area contributed by atoms with Crippen molar-refractivity contribution in [1.29, 1.82) is 0 Å². The van der Waals surface area contributed by atoms with Crippen molar-refractivity contribution in [1.82, 2.24) is 9.97 Å². The van der Waals surface area contributed by atoms with Crippen molar-refractivity contribution in [3.8, 4) is 0 Å². The van der Waals surface area contributed by atoms with E-state index < -0.39 is 0 Å². The van der Waals surface area contributed by atoms with Gasteiger partial charge in [-0.1, -0.05) is 13.8 Å². The zero-order valence-electron chi connectivity index (χ0n) is 12.8. The molecule has 6 heteroatoms. The third kappa shape index (κ3) is 4.70. The minimum absolute atomic E-state index is 0.103. The summed E-state index contributed by atoms with van der Waals surface area (Å²) in [5, 5.41) is 9.54. The molecule has 0 atom stereocenters. The molecule has 20 heavy (non-hydrogen) atoms. The zero-order valence-corrected chi connectivity index (χ0v) is 12.8. The lowest BCUT2D eigenvalue weighted by atomic mass is 10.2. The predicted octanol–water partition coefficient (Wildman–Crippen LogP) is 1.19. The molecule has 0 aliphatic heterocycles. The highest BCUT2D eigenvalue weighted by atomic mass is 16.5. The minimum atomic E-state index is -0.103. The lowest BCUT2D eigenvalue weighted by Crippen LogP contribution is -2.32. The third-order valence-corrected chi connectivity index (χ3v) is 3.00. The number of ether oxygens (including phenoxy) is 2. The molecule has 0 fully saturated rings. The highest BCUT2D eigenvalue weighted by Crippen LogP contribution is 2.20. The van der Waals surface area contributed by atoms with Gasteiger partial charge in [-0.05, 0) is 0 Å². The first-order chi connectivity index (χ1) is 9.63. The Hall–Kier alpha value is -1.24. The number of hydrogen-bond acceptors (Lipinski definition) is 6. The van der Waals surface area contributed by atoms with E-state index in [2.05, 4.69) is 14.9 Å². The van der Waals surface area contributed by atoms with Crippen molar-refractivity contribution in [3.05, 3.63) is 17.7 Å². The molecule has 1 heterocycles. The molecule has 0 aliphatic rings. The van der Waals surface area contributed by atoms with Crippen LogP contribution in [0.25, 0.3) is 0 Å². The van der Waals surface area contributed by atoms with Gasteiger partial charge in [-0.2, -0.15) is 0 Å². The summed E-state index contributed by atoms with van der Waals surface area (Å²) in [5.74, 6) is 0.983. The molecule has 114 valence electrons. The molecular weight excluding hydrogens is 258 g/mol. The fourth-order valence-corrected chi connectivity index (χ4v) is 1.84. The number of aromatic nitrogens is 2. The normalized spacial score (nSPS) is 11.1. The van der Waals surface area contributed by atoms with Crippen LogP contribution in [-0.2, 0) is 16.1 Å². The van der Waals surface area contributed by atoms with Gasteiger partial charge in [-0.25, -0.2) is 9.97 Å². The van der Waals surface area contributed by atoms with Gasteiger partial charge in [0.1, 0.15) is 5.82 Å².